The third-order valence-electron chi connectivity index (χ3n) is 4.86. The molecule has 0 spiro atoms. The average molecular weight is 622 g/mol. The molecule has 216 valence electrons. The lowest BCUT2D eigenvalue weighted by molar-refractivity contribution is 0.0955. The van der Waals surface area contributed by atoms with Crippen LogP contribution in [-0.2, 0) is 0 Å². The van der Waals surface area contributed by atoms with E-state index in [0.29, 0.717) is 45.0 Å². The number of pyridine rings is 4. The van der Waals surface area contributed by atoms with Gasteiger partial charge in [-0.25, -0.2) is 19.9 Å². The number of anilines is 3. The highest BCUT2D eigenvalue weighted by Gasteiger charge is 2.14. The molecule has 0 bridgehead atoms. The van der Waals surface area contributed by atoms with E-state index in [1.54, 1.807) is 56.9 Å². The van der Waals surface area contributed by atoms with Crippen molar-refractivity contribution in [3.63, 3.8) is 0 Å². The maximum absolute atomic E-state index is 11.8. The molecule has 0 radical (unpaired) electrons. The molecular formula is C26H27Cl3N8O4. The van der Waals surface area contributed by atoms with Crippen LogP contribution in [0.15, 0.2) is 61.2 Å². The zero-order chi connectivity index (χ0) is 30.4. The van der Waals surface area contributed by atoms with Gasteiger partial charge in [-0.15, -0.1) is 0 Å². The summed E-state index contributed by atoms with van der Waals surface area (Å²) in [6, 6.07) is 10.0. The molecule has 0 aliphatic rings. The lowest BCUT2D eigenvalue weighted by atomic mass is 10.2. The molecule has 5 N–H and O–H groups in total. The number of rotatable bonds is 6. The molecule has 0 fully saturated rings. The van der Waals surface area contributed by atoms with Gasteiger partial charge < -0.3 is 31.2 Å². The van der Waals surface area contributed by atoms with Crippen LogP contribution in [0.4, 0.5) is 17.1 Å². The molecule has 0 aliphatic heterocycles. The number of hydrogen-bond donors (Lipinski definition) is 4. The molecule has 0 aromatic carbocycles. The number of ether oxygens (including phenoxy) is 2. The second kappa shape index (κ2) is 16.7. The minimum absolute atomic E-state index is 0.264. The molecule has 0 unspecified atom stereocenters. The minimum atomic E-state index is -0.274. The maximum Gasteiger partial charge on any atom is 0.254 e. The van der Waals surface area contributed by atoms with Crippen molar-refractivity contribution in [2.45, 2.75) is 0 Å². The molecule has 12 nitrogen and oxygen atoms in total. The molecule has 0 aliphatic carbocycles. The van der Waals surface area contributed by atoms with Crippen molar-refractivity contribution < 1.29 is 19.1 Å². The molecule has 0 saturated heterocycles. The maximum atomic E-state index is 11.8. The van der Waals surface area contributed by atoms with Gasteiger partial charge in [0.25, 0.3) is 11.8 Å². The average Bonchev–Trinajstić information content (AvgIpc) is 2.98. The van der Waals surface area contributed by atoms with Crippen molar-refractivity contribution in [2.75, 3.05) is 39.4 Å². The van der Waals surface area contributed by atoms with Crippen LogP contribution in [0, 0.1) is 0 Å². The summed E-state index contributed by atoms with van der Waals surface area (Å²) in [4.78, 5) is 38.4. The Bertz CT molecular complexity index is 1480. The van der Waals surface area contributed by atoms with Crippen LogP contribution >= 0.6 is 34.8 Å². The number of halogens is 3. The number of carbonyl (C=O) groups is 2. The van der Waals surface area contributed by atoms with Gasteiger partial charge in [-0.2, -0.15) is 0 Å². The van der Waals surface area contributed by atoms with Crippen molar-refractivity contribution in [3.8, 4) is 11.8 Å². The third kappa shape index (κ3) is 9.94. The smallest absolute Gasteiger partial charge is 0.254 e. The van der Waals surface area contributed by atoms with Crippen LogP contribution in [0.5, 0.6) is 11.8 Å². The van der Waals surface area contributed by atoms with Crippen molar-refractivity contribution in [1.82, 2.24) is 30.6 Å². The van der Waals surface area contributed by atoms with Gasteiger partial charge in [0.1, 0.15) is 16.0 Å². The molecule has 0 atom stereocenters. The van der Waals surface area contributed by atoms with Crippen LogP contribution in [-0.4, -0.2) is 60.1 Å². The first-order valence-electron chi connectivity index (χ1n) is 11.6. The number of nitrogens with two attached hydrogens (primary N) is 1. The van der Waals surface area contributed by atoms with Crippen LogP contribution in [0.3, 0.4) is 0 Å². The van der Waals surface area contributed by atoms with E-state index in [1.807, 2.05) is 0 Å². The van der Waals surface area contributed by atoms with E-state index in [2.05, 4.69) is 35.9 Å². The van der Waals surface area contributed by atoms with E-state index in [4.69, 9.17) is 50.0 Å². The standard InChI is InChI=1S/C13H13ClN4O2.C7H6Cl2N2O.C6H8N2O/c1-15-12(19)8-7-17-11(14)6-10(8)18-9-4-3-5-16-13(9)20-2;1-10-7(12)4-3-11-6(9)2-5(4)8;1-9-6-5(7)3-2-4-8-6/h3-7H,1-2H3,(H,15,19)(H,17,18);2-3H,1H3,(H,10,12);2-4H,7H2,1H3. The van der Waals surface area contributed by atoms with Gasteiger partial charge in [0, 0.05) is 38.9 Å². The number of nitrogens with zero attached hydrogens (tertiary/aromatic N) is 4. The van der Waals surface area contributed by atoms with Crippen molar-refractivity contribution in [2.24, 2.45) is 0 Å². The van der Waals surface area contributed by atoms with Gasteiger partial charge in [0.2, 0.25) is 11.8 Å². The summed E-state index contributed by atoms with van der Waals surface area (Å²) in [5.41, 5.74) is 7.86. The Morgan fingerprint density at radius 2 is 1.29 bits per heavy atom. The molecule has 4 heterocycles. The van der Waals surface area contributed by atoms with Gasteiger partial charge in [-0.05, 0) is 36.4 Å². The van der Waals surface area contributed by atoms with Crippen molar-refractivity contribution in [3.05, 3.63) is 87.6 Å². The molecule has 4 aromatic heterocycles. The first-order valence-corrected chi connectivity index (χ1v) is 12.7. The Morgan fingerprint density at radius 1 is 0.756 bits per heavy atom. The topological polar surface area (TPSA) is 166 Å². The summed E-state index contributed by atoms with van der Waals surface area (Å²) in [6.45, 7) is 0. The van der Waals surface area contributed by atoms with E-state index in [0.717, 1.165) is 0 Å². The lowest BCUT2D eigenvalue weighted by Gasteiger charge is -2.13. The second-order valence-electron chi connectivity index (χ2n) is 7.48. The Kier molecular flexibility index (Phi) is 13.3. The van der Waals surface area contributed by atoms with Gasteiger partial charge in [-0.1, -0.05) is 34.8 Å². The van der Waals surface area contributed by atoms with Gasteiger partial charge >= 0.3 is 0 Å². The fraction of sp³-hybridized carbons (Fsp3) is 0.154. The Labute approximate surface area is 251 Å². The SMILES string of the molecule is CNC(=O)c1cnc(Cl)cc1Cl.CNC(=O)c1cnc(Cl)cc1Nc1cccnc1OC.COc1ncccc1N. The molecule has 4 aromatic rings. The molecule has 0 saturated carbocycles. The highest BCUT2D eigenvalue weighted by Crippen LogP contribution is 2.28. The summed E-state index contributed by atoms with van der Waals surface area (Å²) < 4.78 is 9.96. The fourth-order valence-electron chi connectivity index (χ4n) is 2.93. The molecule has 15 heteroatoms. The summed E-state index contributed by atoms with van der Waals surface area (Å²) in [5.74, 6) is 0.365. The molecule has 4 rings (SSSR count). The summed E-state index contributed by atoms with van der Waals surface area (Å²) in [7, 11) is 6.13. The quantitative estimate of drug-likeness (QED) is 0.222. The van der Waals surface area contributed by atoms with Gasteiger partial charge in [0.15, 0.2) is 0 Å². The van der Waals surface area contributed by atoms with E-state index in [1.165, 1.54) is 32.6 Å². The minimum Gasteiger partial charge on any atom is -0.480 e. The summed E-state index contributed by atoms with van der Waals surface area (Å²) >= 11 is 17.1. The van der Waals surface area contributed by atoms with E-state index in [9.17, 15) is 9.59 Å². The van der Waals surface area contributed by atoms with Crippen LogP contribution in [0.1, 0.15) is 20.7 Å². The van der Waals surface area contributed by atoms with Crippen LogP contribution < -0.4 is 31.2 Å². The van der Waals surface area contributed by atoms with Crippen molar-refractivity contribution in [1.29, 1.82) is 0 Å². The number of amides is 2. The number of hydrogen-bond acceptors (Lipinski definition) is 10. The fourth-order valence-corrected chi connectivity index (χ4v) is 3.54. The molecular weight excluding hydrogens is 595 g/mol. The number of methoxy groups -OCH3 is 2. The predicted molar refractivity (Wildman–Crippen MR) is 160 cm³/mol. The van der Waals surface area contributed by atoms with E-state index >= 15 is 0 Å². The Morgan fingerprint density at radius 3 is 1.83 bits per heavy atom. The normalized spacial score (nSPS) is 9.63. The summed E-state index contributed by atoms with van der Waals surface area (Å²) in [5, 5.41) is 8.91. The number of aromatic nitrogens is 4. The first kappa shape index (κ1) is 32.8. The number of nitrogen functional groups attached to an aromatic ring is 1. The Balaban J connectivity index is 0.000000237. The van der Waals surface area contributed by atoms with E-state index in [-0.39, 0.29) is 22.1 Å². The van der Waals surface area contributed by atoms with Crippen LogP contribution in [0.25, 0.3) is 0 Å². The van der Waals surface area contributed by atoms with Gasteiger partial charge in [-0.3, -0.25) is 9.59 Å². The van der Waals surface area contributed by atoms with Crippen LogP contribution in [0.2, 0.25) is 15.3 Å². The molecule has 41 heavy (non-hydrogen) atoms. The van der Waals surface area contributed by atoms with Crippen molar-refractivity contribution >= 4 is 63.7 Å². The lowest BCUT2D eigenvalue weighted by Crippen LogP contribution is -2.19. The Hall–Kier alpha value is -4.39. The highest BCUT2D eigenvalue weighted by atomic mass is 35.5. The van der Waals surface area contributed by atoms with Gasteiger partial charge in [0.05, 0.1) is 41.7 Å². The number of carbonyl (C=O) groups excluding carboxylic acids is 2. The zero-order valence-electron chi connectivity index (χ0n) is 22.4. The van der Waals surface area contributed by atoms with E-state index < -0.39 is 0 Å². The predicted octanol–water partition coefficient (Wildman–Crippen LogP) is 4.66. The largest absolute Gasteiger partial charge is 0.480 e. The first-order chi connectivity index (χ1) is 19.6. The second-order valence-corrected chi connectivity index (χ2v) is 8.67. The highest BCUT2D eigenvalue weighted by molar-refractivity contribution is 6.36. The number of nitrogens with one attached hydrogen (secondary N) is 3. The summed E-state index contributed by atoms with van der Waals surface area (Å²) in [6.07, 6.45) is 5.99. The zero-order valence-corrected chi connectivity index (χ0v) is 24.7. The molecule has 2 amide bonds. The monoisotopic (exact) mass is 620 g/mol. The third-order valence-corrected chi connectivity index (χ3v) is 5.59.